The number of pyridine rings is 1. The van der Waals surface area contributed by atoms with E-state index in [2.05, 4.69) is 9.98 Å². The Kier molecular flexibility index (Phi) is 4.93. The van der Waals surface area contributed by atoms with Crippen molar-refractivity contribution in [2.45, 2.75) is 17.7 Å². The van der Waals surface area contributed by atoms with Crippen LogP contribution in [0.2, 0.25) is 0 Å². The fourth-order valence-electron chi connectivity index (χ4n) is 2.61. The van der Waals surface area contributed by atoms with Crippen molar-refractivity contribution in [1.29, 1.82) is 0 Å². The lowest BCUT2D eigenvalue weighted by atomic mass is 9.98. The highest BCUT2D eigenvalue weighted by Crippen LogP contribution is 2.24. The molecule has 1 saturated heterocycles. The Morgan fingerprint density at radius 3 is 2.71 bits per heavy atom. The van der Waals surface area contributed by atoms with E-state index in [1.807, 2.05) is 18.6 Å². The summed E-state index contributed by atoms with van der Waals surface area (Å²) in [7, 11) is -1.70. The highest BCUT2D eigenvalue weighted by molar-refractivity contribution is 7.89. The molecule has 0 aliphatic carbocycles. The van der Waals surface area contributed by atoms with Gasteiger partial charge in [0, 0.05) is 50.0 Å². The lowest BCUT2D eigenvalue weighted by Crippen LogP contribution is -2.40. The van der Waals surface area contributed by atoms with Gasteiger partial charge in [-0.15, -0.1) is 11.3 Å². The Balaban J connectivity index is 1.68. The second-order valence-corrected chi connectivity index (χ2v) is 8.42. The van der Waals surface area contributed by atoms with Gasteiger partial charge >= 0.3 is 0 Å². The number of carbonyl (C=O) groups is 1. The van der Waals surface area contributed by atoms with Crippen molar-refractivity contribution in [1.82, 2.24) is 13.9 Å². The summed E-state index contributed by atoms with van der Waals surface area (Å²) in [5, 5.41) is 1.87. The zero-order valence-corrected chi connectivity index (χ0v) is 14.8. The molecule has 7 nitrogen and oxygen atoms in total. The molecule has 2 aromatic heterocycles. The molecule has 2 aromatic rings. The van der Waals surface area contributed by atoms with Crippen LogP contribution in [0.4, 0.5) is 0 Å². The highest BCUT2D eigenvalue weighted by Gasteiger charge is 2.32. The summed E-state index contributed by atoms with van der Waals surface area (Å²) in [5.41, 5.74) is 0. The third kappa shape index (κ3) is 3.47. The summed E-state index contributed by atoms with van der Waals surface area (Å²) >= 11 is 1.41. The molecule has 3 heterocycles. The van der Waals surface area contributed by atoms with E-state index in [-0.39, 0.29) is 16.7 Å². The predicted molar refractivity (Wildman–Crippen MR) is 89.6 cm³/mol. The standard InChI is InChI=1S/C15H18N4O3S2/c1-18-9-10-23-15(18)17-14(20)12-4-7-19(8-5-12)24(21,22)13-3-2-6-16-11-13/h2-3,6,9-12H,4-5,7-8H2,1H3. The first-order valence-electron chi connectivity index (χ1n) is 7.57. The second-order valence-electron chi connectivity index (χ2n) is 5.61. The SMILES string of the molecule is Cn1ccsc1=NC(=O)C1CCN(S(=O)(=O)c2cccnc2)CC1. The minimum Gasteiger partial charge on any atom is -0.327 e. The van der Waals surface area contributed by atoms with E-state index in [1.54, 1.807) is 10.6 Å². The minimum absolute atomic E-state index is 0.175. The predicted octanol–water partition coefficient (Wildman–Crippen LogP) is 1.01. The largest absolute Gasteiger partial charge is 0.327 e. The zero-order chi connectivity index (χ0) is 17.2. The topological polar surface area (TPSA) is 84.6 Å². The van der Waals surface area contributed by atoms with Crippen LogP contribution in [-0.4, -0.2) is 41.3 Å². The van der Waals surface area contributed by atoms with Crippen LogP contribution in [-0.2, 0) is 21.9 Å². The summed E-state index contributed by atoms with van der Waals surface area (Å²) in [6.07, 6.45) is 5.70. The number of hydrogen-bond donors (Lipinski definition) is 0. The Morgan fingerprint density at radius 2 is 2.12 bits per heavy atom. The van der Waals surface area contributed by atoms with Crippen LogP contribution in [0.15, 0.2) is 46.0 Å². The van der Waals surface area contributed by atoms with Crippen molar-refractivity contribution >= 4 is 27.3 Å². The van der Waals surface area contributed by atoms with Crippen molar-refractivity contribution < 1.29 is 13.2 Å². The van der Waals surface area contributed by atoms with E-state index in [1.165, 1.54) is 34.1 Å². The molecule has 3 rings (SSSR count). The number of amides is 1. The van der Waals surface area contributed by atoms with Crippen molar-refractivity contribution in [2.75, 3.05) is 13.1 Å². The molecule has 0 radical (unpaired) electrons. The van der Waals surface area contributed by atoms with Gasteiger partial charge in [-0.25, -0.2) is 8.42 Å². The first-order chi connectivity index (χ1) is 11.5. The van der Waals surface area contributed by atoms with Crippen molar-refractivity contribution in [3.8, 4) is 0 Å². The number of thiazole rings is 1. The number of rotatable bonds is 3. The molecular weight excluding hydrogens is 348 g/mol. The zero-order valence-electron chi connectivity index (χ0n) is 13.2. The number of piperidine rings is 1. The number of aromatic nitrogens is 2. The maximum atomic E-state index is 12.5. The number of hydrogen-bond acceptors (Lipinski definition) is 5. The summed E-state index contributed by atoms with van der Waals surface area (Å²) in [6, 6.07) is 3.13. The van der Waals surface area contributed by atoms with Gasteiger partial charge in [0.05, 0.1) is 0 Å². The van der Waals surface area contributed by atoms with Crippen LogP contribution in [0.1, 0.15) is 12.8 Å². The molecule has 0 N–H and O–H groups in total. The summed E-state index contributed by atoms with van der Waals surface area (Å²) in [5.74, 6) is -0.404. The average Bonchev–Trinajstić information content (AvgIpc) is 3.00. The molecule has 1 aliphatic rings. The van der Waals surface area contributed by atoms with Crippen molar-refractivity contribution in [3.63, 3.8) is 0 Å². The van der Waals surface area contributed by atoms with Gasteiger partial charge in [-0.3, -0.25) is 9.78 Å². The van der Waals surface area contributed by atoms with Gasteiger partial charge in [-0.1, -0.05) is 0 Å². The molecule has 1 amide bonds. The van der Waals surface area contributed by atoms with E-state index >= 15 is 0 Å². The summed E-state index contributed by atoms with van der Waals surface area (Å²) < 4.78 is 28.3. The molecule has 0 bridgehead atoms. The van der Waals surface area contributed by atoms with Gasteiger partial charge in [-0.2, -0.15) is 9.30 Å². The minimum atomic E-state index is -3.54. The van der Waals surface area contributed by atoms with Gasteiger partial charge in [0.1, 0.15) is 4.90 Å². The second kappa shape index (κ2) is 6.96. The molecule has 128 valence electrons. The molecule has 0 spiro atoms. The lowest BCUT2D eigenvalue weighted by Gasteiger charge is -2.29. The fraction of sp³-hybridized carbons (Fsp3) is 0.400. The summed E-state index contributed by atoms with van der Waals surface area (Å²) in [6.45, 7) is 0.638. The number of nitrogens with zero attached hydrogens (tertiary/aromatic N) is 4. The lowest BCUT2D eigenvalue weighted by molar-refractivity contribution is -0.122. The Hall–Kier alpha value is -1.84. The normalized spacial score (nSPS) is 18.0. The molecule has 0 aromatic carbocycles. The van der Waals surface area contributed by atoms with E-state index in [9.17, 15) is 13.2 Å². The molecule has 0 unspecified atom stereocenters. The van der Waals surface area contributed by atoms with E-state index in [0.29, 0.717) is 30.7 Å². The van der Waals surface area contributed by atoms with Crippen LogP contribution in [0, 0.1) is 5.92 Å². The molecule has 1 fully saturated rings. The quantitative estimate of drug-likeness (QED) is 0.811. The van der Waals surface area contributed by atoms with Crippen molar-refractivity contribution in [2.24, 2.45) is 18.0 Å². The number of sulfonamides is 1. The Labute approximate surface area is 144 Å². The fourth-order valence-corrected chi connectivity index (χ4v) is 4.78. The van der Waals surface area contributed by atoms with Gasteiger partial charge in [0.15, 0.2) is 4.80 Å². The van der Waals surface area contributed by atoms with Crippen molar-refractivity contribution in [3.05, 3.63) is 40.9 Å². The molecular formula is C15H18N4O3S2. The van der Waals surface area contributed by atoms with Crippen LogP contribution in [0.5, 0.6) is 0 Å². The van der Waals surface area contributed by atoms with Gasteiger partial charge < -0.3 is 4.57 Å². The Bertz CT molecular complexity index is 879. The maximum absolute atomic E-state index is 12.5. The highest BCUT2D eigenvalue weighted by atomic mass is 32.2. The van der Waals surface area contributed by atoms with Crippen LogP contribution >= 0.6 is 11.3 Å². The molecule has 1 aliphatic heterocycles. The maximum Gasteiger partial charge on any atom is 0.251 e. The first kappa shape index (κ1) is 17.0. The third-order valence-corrected chi connectivity index (χ3v) is 6.77. The molecule has 0 atom stereocenters. The van der Waals surface area contributed by atoms with Crippen LogP contribution < -0.4 is 4.80 Å². The van der Waals surface area contributed by atoms with E-state index in [0.717, 1.165) is 0 Å². The molecule has 0 saturated carbocycles. The first-order valence-corrected chi connectivity index (χ1v) is 9.89. The smallest absolute Gasteiger partial charge is 0.251 e. The van der Waals surface area contributed by atoms with E-state index < -0.39 is 10.0 Å². The van der Waals surface area contributed by atoms with Crippen LogP contribution in [0.25, 0.3) is 0 Å². The Morgan fingerprint density at radius 1 is 1.38 bits per heavy atom. The monoisotopic (exact) mass is 366 g/mol. The van der Waals surface area contributed by atoms with Gasteiger partial charge in [0.25, 0.3) is 5.91 Å². The third-order valence-electron chi connectivity index (χ3n) is 4.04. The molecule has 24 heavy (non-hydrogen) atoms. The average molecular weight is 366 g/mol. The number of carbonyl (C=O) groups excluding carboxylic acids is 1. The number of aryl methyl sites for hydroxylation is 1. The molecule has 9 heteroatoms. The van der Waals surface area contributed by atoms with E-state index in [4.69, 9.17) is 0 Å². The summed E-state index contributed by atoms with van der Waals surface area (Å²) in [4.78, 5) is 21.2. The van der Waals surface area contributed by atoms with Crippen LogP contribution in [0.3, 0.4) is 0 Å². The van der Waals surface area contributed by atoms with Gasteiger partial charge in [0.2, 0.25) is 10.0 Å². The van der Waals surface area contributed by atoms with Gasteiger partial charge in [-0.05, 0) is 25.0 Å².